The van der Waals surface area contributed by atoms with Gasteiger partial charge in [-0.25, -0.2) is 0 Å². The first kappa shape index (κ1) is 12.8. The summed E-state index contributed by atoms with van der Waals surface area (Å²) in [5.74, 6) is 0.416. The van der Waals surface area contributed by atoms with Crippen LogP contribution in [0, 0.1) is 5.92 Å². The summed E-state index contributed by atoms with van der Waals surface area (Å²) in [7, 11) is 0. The molecular formula is C14H20O2. The molecule has 0 aromatic heterocycles. The van der Waals surface area contributed by atoms with Gasteiger partial charge in [0.25, 0.3) is 0 Å². The van der Waals surface area contributed by atoms with Gasteiger partial charge in [-0.3, -0.25) is 4.79 Å². The first-order valence-electron chi connectivity index (χ1n) is 5.81. The predicted octanol–water partition coefficient (Wildman–Crippen LogP) is 3.73. The number of carbonyl (C=O) groups excluding carboxylic acids is 1. The maximum Gasteiger partial charge on any atom is 0.303 e. The highest BCUT2D eigenvalue weighted by molar-refractivity contribution is 5.66. The fraction of sp³-hybridized carbons (Fsp3) is 0.500. The molecule has 0 amide bonds. The van der Waals surface area contributed by atoms with Crippen molar-refractivity contribution in [1.82, 2.24) is 0 Å². The van der Waals surface area contributed by atoms with Crippen molar-refractivity contribution < 1.29 is 9.53 Å². The third-order valence-electron chi connectivity index (χ3n) is 2.49. The van der Waals surface area contributed by atoms with Gasteiger partial charge in [-0.05, 0) is 24.3 Å². The summed E-state index contributed by atoms with van der Waals surface area (Å²) < 4.78 is 5.35. The molecular weight excluding hydrogens is 200 g/mol. The van der Waals surface area contributed by atoms with Gasteiger partial charge in [0.15, 0.2) is 0 Å². The van der Waals surface area contributed by atoms with Gasteiger partial charge in [-0.1, -0.05) is 44.2 Å². The van der Waals surface area contributed by atoms with E-state index in [0.717, 1.165) is 18.4 Å². The third kappa shape index (κ3) is 4.47. The van der Waals surface area contributed by atoms with Crippen LogP contribution in [0.1, 0.15) is 45.3 Å². The molecule has 0 fully saturated rings. The molecule has 88 valence electrons. The SMILES string of the molecule is CC(=O)OC(CCC(C)C)c1ccccc1. The van der Waals surface area contributed by atoms with E-state index in [2.05, 4.69) is 13.8 Å². The first-order valence-corrected chi connectivity index (χ1v) is 5.81. The topological polar surface area (TPSA) is 26.3 Å². The van der Waals surface area contributed by atoms with Crippen LogP contribution in [0.25, 0.3) is 0 Å². The van der Waals surface area contributed by atoms with Crippen LogP contribution in [0.3, 0.4) is 0 Å². The fourth-order valence-electron chi connectivity index (χ4n) is 1.65. The Morgan fingerprint density at radius 1 is 1.19 bits per heavy atom. The Morgan fingerprint density at radius 3 is 2.31 bits per heavy atom. The third-order valence-corrected chi connectivity index (χ3v) is 2.49. The minimum atomic E-state index is -0.211. The Labute approximate surface area is 97.6 Å². The predicted molar refractivity (Wildman–Crippen MR) is 65.0 cm³/mol. The van der Waals surface area contributed by atoms with Gasteiger partial charge >= 0.3 is 5.97 Å². The number of ether oxygens (including phenoxy) is 1. The largest absolute Gasteiger partial charge is 0.458 e. The maximum absolute atomic E-state index is 11.0. The van der Waals surface area contributed by atoms with E-state index in [1.165, 1.54) is 6.92 Å². The average molecular weight is 220 g/mol. The van der Waals surface area contributed by atoms with E-state index in [1.807, 2.05) is 30.3 Å². The number of benzene rings is 1. The zero-order valence-corrected chi connectivity index (χ0v) is 10.3. The lowest BCUT2D eigenvalue weighted by atomic mass is 10.00. The molecule has 1 atom stereocenters. The minimum absolute atomic E-state index is 0.0962. The fourth-order valence-corrected chi connectivity index (χ4v) is 1.65. The van der Waals surface area contributed by atoms with Crippen molar-refractivity contribution in [3.63, 3.8) is 0 Å². The summed E-state index contributed by atoms with van der Waals surface area (Å²) in [5, 5.41) is 0. The Balaban J connectivity index is 2.67. The number of rotatable bonds is 5. The lowest BCUT2D eigenvalue weighted by molar-refractivity contribution is -0.147. The second-order valence-corrected chi connectivity index (χ2v) is 4.48. The molecule has 0 saturated heterocycles. The molecule has 1 aromatic carbocycles. The highest BCUT2D eigenvalue weighted by Crippen LogP contribution is 2.24. The standard InChI is InChI=1S/C14H20O2/c1-11(2)9-10-14(16-12(3)15)13-7-5-4-6-8-13/h4-8,11,14H,9-10H2,1-3H3. The summed E-state index contributed by atoms with van der Waals surface area (Å²) in [6.07, 6.45) is 1.86. The summed E-state index contributed by atoms with van der Waals surface area (Å²) in [5.41, 5.74) is 1.08. The van der Waals surface area contributed by atoms with Gasteiger partial charge in [0.1, 0.15) is 6.10 Å². The van der Waals surface area contributed by atoms with E-state index in [9.17, 15) is 4.79 Å². The molecule has 1 rings (SSSR count). The smallest absolute Gasteiger partial charge is 0.303 e. The molecule has 0 aliphatic heterocycles. The molecule has 0 N–H and O–H groups in total. The van der Waals surface area contributed by atoms with Crippen molar-refractivity contribution in [2.75, 3.05) is 0 Å². The Hall–Kier alpha value is -1.31. The van der Waals surface area contributed by atoms with E-state index >= 15 is 0 Å². The average Bonchev–Trinajstić information content (AvgIpc) is 2.25. The van der Waals surface area contributed by atoms with Crippen LogP contribution in [0.5, 0.6) is 0 Å². The van der Waals surface area contributed by atoms with E-state index in [4.69, 9.17) is 4.74 Å². The molecule has 0 spiro atoms. The van der Waals surface area contributed by atoms with Crippen molar-refractivity contribution in [2.45, 2.75) is 39.7 Å². The summed E-state index contributed by atoms with van der Waals surface area (Å²) >= 11 is 0. The Bertz CT molecular complexity index is 317. The normalized spacial score (nSPS) is 12.5. The summed E-state index contributed by atoms with van der Waals surface area (Å²) in [6.45, 7) is 5.82. The molecule has 0 heterocycles. The van der Waals surface area contributed by atoms with E-state index in [-0.39, 0.29) is 12.1 Å². The quantitative estimate of drug-likeness (QED) is 0.707. The van der Waals surface area contributed by atoms with Gasteiger partial charge < -0.3 is 4.74 Å². The van der Waals surface area contributed by atoms with Crippen LogP contribution < -0.4 is 0 Å². The van der Waals surface area contributed by atoms with Crippen molar-refractivity contribution in [2.24, 2.45) is 5.92 Å². The van der Waals surface area contributed by atoms with Gasteiger partial charge in [0, 0.05) is 6.92 Å². The molecule has 0 aliphatic rings. The van der Waals surface area contributed by atoms with Crippen LogP contribution in [0.15, 0.2) is 30.3 Å². The van der Waals surface area contributed by atoms with Crippen LogP contribution in [0.2, 0.25) is 0 Å². The van der Waals surface area contributed by atoms with Gasteiger partial charge in [-0.15, -0.1) is 0 Å². The molecule has 1 aromatic rings. The van der Waals surface area contributed by atoms with Crippen molar-refractivity contribution >= 4 is 5.97 Å². The van der Waals surface area contributed by atoms with Crippen LogP contribution in [-0.4, -0.2) is 5.97 Å². The second kappa shape index (κ2) is 6.31. The molecule has 16 heavy (non-hydrogen) atoms. The molecule has 0 bridgehead atoms. The maximum atomic E-state index is 11.0. The molecule has 2 nitrogen and oxygen atoms in total. The minimum Gasteiger partial charge on any atom is -0.458 e. The van der Waals surface area contributed by atoms with Gasteiger partial charge in [0.2, 0.25) is 0 Å². The van der Waals surface area contributed by atoms with Crippen molar-refractivity contribution in [3.05, 3.63) is 35.9 Å². The molecule has 2 heteroatoms. The lowest BCUT2D eigenvalue weighted by Crippen LogP contribution is -2.09. The summed E-state index contributed by atoms with van der Waals surface area (Å²) in [4.78, 5) is 11.0. The monoisotopic (exact) mass is 220 g/mol. The van der Waals surface area contributed by atoms with Gasteiger partial charge in [0.05, 0.1) is 0 Å². The highest BCUT2D eigenvalue weighted by atomic mass is 16.5. The second-order valence-electron chi connectivity index (χ2n) is 4.48. The van der Waals surface area contributed by atoms with Crippen molar-refractivity contribution in [3.8, 4) is 0 Å². The molecule has 0 aliphatic carbocycles. The van der Waals surface area contributed by atoms with Crippen LogP contribution in [-0.2, 0) is 9.53 Å². The van der Waals surface area contributed by atoms with E-state index in [0.29, 0.717) is 5.92 Å². The zero-order valence-electron chi connectivity index (χ0n) is 10.3. The van der Waals surface area contributed by atoms with Crippen LogP contribution in [0.4, 0.5) is 0 Å². The van der Waals surface area contributed by atoms with E-state index < -0.39 is 0 Å². The van der Waals surface area contributed by atoms with Crippen LogP contribution >= 0.6 is 0 Å². The zero-order chi connectivity index (χ0) is 12.0. The number of esters is 1. The highest BCUT2D eigenvalue weighted by Gasteiger charge is 2.14. The number of carbonyl (C=O) groups is 1. The number of hydrogen-bond acceptors (Lipinski definition) is 2. The molecule has 0 saturated carbocycles. The first-order chi connectivity index (χ1) is 7.59. The Morgan fingerprint density at radius 2 is 1.81 bits per heavy atom. The Kier molecular flexibility index (Phi) is 5.03. The molecule has 0 radical (unpaired) electrons. The van der Waals surface area contributed by atoms with Gasteiger partial charge in [-0.2, -0.15) is 0 Å². The van der Waals surface area contributed by atoms with Crippen molar-refractivity contribution in [1.29, 1.82) is 0 Å². The lowest BCUT2D eigenvalue weighted by Gasteiger charge is -2.18. The number of hydrogen-bond donors (Lipinski definition) is 0. The summed E-state index contributed by atoms with van der Waals surface area (Å²) in [6, 6.07) is 9.93. The van der Waals surface area contributed by atoms with E-state index in [1.54, 1.807) is 0 Å². The molecule has 1 unspecified atom stereocenters.